The van der Waals surface area contributed by atoms with Crippen LogP contribution >= 0.6 is 0 Å². The van der Waals surface area contributed by atoms with E-state index in [1.165, 1.54) is 0 Å². The second-order valence-electron chi connectivity index (χ2n) is 5.92. The summed E-state index contributed by atoms with van der Waals surface area (Å²) < 4.78 is 16.9. The van der Waals surface area contributed by atoms with Crippen LogP contribution in [-0.2, 0) is 26.6 Å². The van der Waals surface area contributed by atoms with Crippen molar-refractivity contribution in [3.8, 4) is 5.75 Å². The third-order valence-corrected chi connectivity index (χ3v) is 4.48. The summed E-state index contributed by atoms with van der Waals surface area (Å²) >= 11 is 0. The Bertz CT molecular complexity index is 750. The van der Waals surface area contributed by atoms with Crippen molar-refractivity contribution >= 4 is 11.6 Å². The van der Waals surface area contributed by atoms with E-state index < -0.39 is 5.79 Å². The number of rotatable bonds is 3. The highest BCUT2D eigenvalue weighted by molar-refractivity contribution is 6.06. The van der Waals surface area contributed by atoms with E-state index in [-0.39, 0.29) is 5.91 Å². The first-order valence-corrected chi connectivity index (χ1v) is 8.07. The molecule has 0 aliphatic carbocycles. The Morgan fingerprint density at radius 3 is 2.50 bits per heavy atom. The van der Waals surface area contributed by atoms with E-state index in [0.29, 0.717) is 19.8 Å². The number of carbonyl (C=O) groups is 1. The summed E-state index contributed by atoms with van der Waals surface area (Å²) in [5.41, 5.74) is 2.66. The predicted octanol–water partition coefficient (Wildman–Crippen LogP) is 2.83. The van der Waals surface area contributed by atoms with E-state index in [1.54, 1.807) is 12.0 Å². The van der Waals surface area contributed by atoms with Gasteiger partial charge in [-0.1, -0.05) is 30.3 Å². The normalized spacial score (nSPS) is 18.7. The number of fused-ring (bicyclic) bond motifs is 2. The molecule has 2 aromatic rings. The Labute approximate surface area is 140 Å². The van der Waals surface area contributed by atoms with E-state index in [1.807, 2.05) is 48.5 Å². The van der Waals surface area contributed by atoms with E-state index in [0.717, 1.165) is 29.0 Å². The SMILES string of the molecule is COc1ccc(CN2C(=O)C3(OCCCO3)c3ccccc32)cc1. The van der Waals surface area contributed by atoms with Gasteiger partial charge in [0.05, 0.1) is 32.6 Å². The largest absolute Gasteiger partial charge is 0.497 e. The van der Waals surface area contributed by atoms with Gasteiger partial charge in [0.2, 0.25) is 0 Å². The zero-order valence-electron chi connectivity index (χ0n) is 13.5. The first kappa shape index (κ1) is 15.2. The number of ether oxygens (including phenoxy) is 3. The number of hydrogen-bond acceptors (Lipinski definition) is 4. The molecule has 0 atom stereocenters. The lowest BCUT2D eigenvalue weighted by atomic mass is 10.1. The molecule has 1 saturated heterocycles. The average molecular weight is 325 g/mol. The summed E-state index contributed by atoms with van der Waals surface area (Å²) in [5, 5.41) is 0. The van der Waals surface area contributed by atoms with Crippen LogP contribution in [0, 0.1) is 0 Å². The average Bonchev–Trinajstić information content (AvgIpc) is 2.86. The molecule has 0 radical (unpaired) electrons. The molecular weight excluding hydrogens is 306 g/mol. The van der Waals surface area contributed by atoms with Crippen LogP contribution in [-0.4, -0.2) is 26.2 Å². The van der Waals surface area contributed by atoms with Crippen LogP contribution in [0.15, 0.2) is 48.5 Å². The second kappa shape index (κ2) is 5.92. The molecule has 0 saturated carbocycles. The van der Waals surface area contributed by atoms with Crippen LogP contribution in [0.2, 0.25) is 0 Å². The Hall–Kier alpha value is -2.37. The van der Waals surface area contributed by atoms with Gasteiger partial charge in [0.15, 0.2) is 0 Å². The van der Waals surface area contributed by atoms with Crippen molar-refractivity contribution in [3.05, 3.63) is 59.7 Å². The van der Waals surface area contributed by atoms with Gasteiger partial charge in [-0.15, -0.1) is 0 Å². The molecule has 4 rings (SSSR count). The summed E-state index contributed by atoms with van der Waals surface area (Å²) in [5.74, 6) is -0.636. The van der Waals surface area contributed by atoms with Gasteiger partial charge in [0.25, 0.3) is 11.7 Å². The lowest BCUT2D eigenvalue weighted by Crippen LogP contribution is -2.47. The van der Waals surface area contributed by atoms with Crippen LogP contribution in [0.3, 0.4) is 0 Å². The first-order valence-electron chi connectivity index (χ1n) is 8.07. The molecule has 2 aliphatic rings. The lowest BCUT2D eigenvalue weighted by molar-refractivity contribution is -0.256. The third-order valence-electron chi connectivity index (χ3n) is 4.48. The summed E-state index contributed by atoms with van der Waals surface area (Å²) in [6, 6.07) is 15.4. The fourth-order valence-electron chi connectivity index (χ4n) is 3.27. The quantitative estimate of drug-likeness (QED) is 0.871. The van der Waals surface area contributed by atoms with Crippen molar-refractivity contribution < 1.29 is 19.0 Å². The van der Waals surface area contributed by atoms with Gasteiger partial charge in [-0.3, -0.25) is 4.79 Å². The van der Waals surface area contributed by atoms with Crippen molar-refractivity contribution in [2.45, 2.75) is 18.8 Å². The van der Waals surface area contributed by atoms with E-state index in [9.17, 15) is 4.79 Å². The highest BCUT2D eigenvalue weighted by atomic mass is 16.7. The lowest BCUT2D eigenvalue weighted by Gasteiger charge is -2.32. The number of para-hydroxylation sites is 1. The van der Waals surface area contributed by atoms with Gasteiger partial charge >= 0.3 is 0 Å². The monoisotopic (exact) mass is 325 g/mol. The Morgan fingerprint density at radius 2 is 1.79 bits per heavy atom. The van der Waals surface area contributed by atoms with Crippen LogP contribution in [0.1, 0.15) is 17.5 Å². The Balaban J connectivity index is 1.69. The van der Waals surface area contributed by atoms with E-state index in [4.69, 9.17) is 14.2 Å². The van der Waals surface area contributed by atoms with Crippen molar-refractivity contribution in [2.24, 2.45) is 0 Å². The van der Waals surface area contributed by atoms with Gasteiger partial charge < -0.3 is 19.1 Å². The van der Waals surface area contributed by atoms with Crippen molar-refractivity contribution in [1.29, 1.82) is 0 Å². The van der Waals surface area contributed by atoms with Crippen LogP contribution in [0.5, 0.6) is 5.75 Å². The number of carbonyl (C=O) groups excluding carboxylic acids is 1. The Kier molecular flexibility index (Phi) is 3.75. The third kappa shape index (κ3) is 2.28. The molecule has 124 valence electrons. The minimum absolute atomic E-state index is 0.154. The number of methoxy groups -OCH3 is 1. The van der Waals surface area contributed by atoms with Gasteiger partial charge in [-0.2, -0.15) is 0 Å². The van der Waals surface area contributed by atoms with Crippen LogP contribution in [0.25, 0.3) is 0 Å². The predicted molar refractivity (Wildman–Crippen MR) is 88.8 cm³/mol. The summed E-state index contributed by atoms with van der Waals surface area (Å²) in [4.78, 5) is 14.9. The minimum atomic E-state index is -1.28. The molecule has 2 aromatic carbocycles. The molecule has 1 spiro atoms. The maximum absolute atomic E-state index is 13.1. The Morgan fingerprint density at radius 1 is 1.08 bits per heavy atom. The molecule has 0 aromatic heterocycles. The smallest absolute Gasteiger partial charge is 0.292 e. The summed E-state index contributed by atoms with van der Waals surface area (Å²) in [7, 11) is 1.64. The number of hydrogen-bond donors (Lipinski definition) is 0. The minimum Gasteiger partial charge on any atom is -0.497 e. The molecule has 5 heteroatoms. The fraction of sp³-hybridized carbons (Fsp3) is 0.316. The fourth-order valence-corrected chi connectivity index (χ4v) is 3.27. The van der Waals surface area contributed by atoms with Crippen molar-refractivity contribution in [2.75, 3.05) is 25.2 Å². The topological polar surface area (TPSA) is 48.0 Å². The zero-order valence-corrected chi connectivity index (χ0v) is 13.5. The van der Waals surface area contributed by atoms with E-state index in [2.05, 4.69) is 0 Å². The second-order valence-corrected chi connectivity index (χ2v) is 5.92. The maximum Gasteiger partial charge on any atom is 0.292 e. The van der Waals surface area contributed by atoms with Gasteiger partial charge in [-0.05, 0) is 30.2 Å². The van der Waals surface area contributed by atoms with Gasteiger partial charge in [0, 0.05) is 5.56 Å². The number of benzene rings is 2. The van der Waals surface area contributed by atoms with Crippen LogP contribution < -0.4 is 9.64 Å². The highest BCUT2D eigenvalue weighted by Gasteiger charge is 2.54. The highest BCUT2D eigenvalue weighted by Crippen LogP contribution is 2.45. The molecule has 5 nitrogen and oxygen atoms in total. The molecule has 2 heterocycles. The van der Waals surface area contributed by atoms with Gasteiger partial charge in [-0.25, -0.2) is 0 Å². The zero-order chi connectivity index (χ0) is 16.6. The molecule has 0 bridgehead atoms. The first-order chi connectivity index (χ1) is 11.7. The number of anilines is 1. The standard InChI is InChI=1S/C19H19NO4/c1-22-15-9-7-14(8-10-15)13-20-17-6-3-2-5-16(17)19(18(20)21)23-11-4-12-24-19/h2-3,5-10H,4,11-13H2,1H3. The molecular formula is C19H19NO4. The molecule has 0 unspecified atom stereocenters. The number of nitrogens with zero attached hydrogens (tertiary/aromatic N) is 1. The summed E-state index contributed by atoms with van der Waals surface area (Å²) in [6.45, 7) is 1.52. The van der Waals surface area contributed by atoms with Crippen molar-refractivity contribution in [1.82, 2.24) is 0 Å². The molecule has 1 fully saturated rings. The van der Waals surface area contributed by atoms with Gasteiger partial charge in [0.1, 0.15) is 5.75 Å². The number of amides is 1. The molecule has 2 aliphatic heterocycles. The van der Waals surface area contributed by atoms with E-state index >= 15 is 0 Å². The maximum atomic E-state index is 13.1. The molecule has 1 amide bonds. The molecule has 24 heavy (non-hydrogen) atoms. The summed E-state index contributed by atoms with van der Waals surface area (Å²) in [6.07, 6.45) is 0.801. The van der Waals surface area contributed by atoms with Crippen molar-refractivity contribution in [3.63, 3.8) is 0 Å². The molecule has 0 N–H and O–H groups in total. The van der Waals surface area contributed by atoms with Crippen LogP contribution in [0.4, 0.5) is 5.69 Å².